The molecule has 0 spiro atoms. The quantitative estimate of drug-likeness (QED) is 0.801. The van der Waals surface area contributed by atoms with E-state index in [2.05, 4.69) is 0 Å². The van der Waals surface area contributed by atoms with Crippen molar-refractivity contribution < 1.29 is 18.4 Å². The van der Waals surface area contributed by atoms with Crippen molar-refractivity contribution in [1.82, 2.24) is 0 Å². The monoisotopic (exact) mass is 272 g/mol. The van der Waals surface area contributed by atoms with Gasteiger partial charge in [0.2, 0.25) is 0 Å². The Balaban J connectivity index is 2.80. The van der Waals surface area contributed by atoms with Gasteiger partial charge in [0.05, 0.1) is 8.22 Å². The fourth-order valence-electron chi connectivity index (χ4n) is 1.87. The summed E-state index contributed by atoms with van der Waals surface area (Å²) in [4.78, 5) is 0. The van der Waals surface area contributed by atoms with Gasteiger partial charge in [0.25, 0.3) is 0 Å². The molecule has 0 aliphatic carbocycles. The lowest BCUT2D eigenvalue weighted by Gasteiger charge is -2.13. The molecule has 0 heterocycles. The molecule has 0 atom stereocenters. The molecule has 0 fully saturated rings. The van der Waals surface area contributed by atoms with Gasteiger partial charge in [-0.2, -0.15) is 0 Å². The van der Waals surface area contributed by atoms with Crippen molar-refractivity contribution in [2.24, 2.45) is 0 Å². The number of allylic oxidation sites excluding steroid dienone is 4. The third-order valence-corrected chi connectivity index (χ3v) is 2.78. The van der Waals surface area contributed by atoms with Gasteiger partial charge in [-0.15, -0.1) is 0 Å². The first-order valence-electron chi connectivity index (χ1n) is 9.01. The normalized spacial score (nSPS) is 17.7. The highest BCUT2D eigenvalue weighted by Gasteiger charge is 2.09. The van der Waals surface area contributed by atoms with Crippen LogP contribution in [0.2, 0.25) is 0 Å². The van der Waals surface area contributed by atoms with Crippen molar-refractivity contribution in [3.63, 3.8) is 0 Å². The molecule has 0 aromatic heterocycles. The summed E-state index contributed by atoms with van der Waals surface area (Å²) in [7, 11) is 0. The number of benzene rings is 2. The van der Waals surface area contributed by atoms with E-state index in [1.807, 2.05) is 0 Å². The summed E-state index contributed by atoms with van der Waals surface area (Å²) < 4.78 is 47.3. The van der Waals surface area contributed by atoms with Gasteiger partial charge in [-0.3, -0.25) is 0 Å². The minimum absolute atomic E-state index is 0.0576. The average molecular weight is 272 g/mol. The van der Waals surface area contributed by atoms with Crippen LogP contribution in [0.5, 0.6) is 11.5 Å². The predicted molar refractivity (Wildman–Crippen MR) is 83.5 cm³/mol. The zero-order valence-corrected chi connectivity index (χ0v) is 11.2. The number of hydrogen-bond donors (Lipinski definition) is 2. The number of hydrogen-bond acceptors (Lipinski definition) is 2. The maximum Gasteiger partial charge on any atom is 0.115 e. The predicted octanol–water partition coefficient (Wildman–Crippen LogP) is 4.60. The van der Waals surface area contributed by atoms with Crippen LogP contribution in [-0.4, -0.2) is 10.2 Å². The lowest BCUT2D eigenvalue weighted by molar-refractivity contribution is 0.474. The van der Waals surface area contributed by atoms with E-state index in [0.717, 1.165) is 0 Å². The van der Waals surface area contributed by atoms with E-state index in [0.29, 0.717) is 11.1 Å². The zero-order chi connectivity index (χ0) is 19.8. The number of rotatable bonds is 3. The lowest BCUT2D eigenvalue weighted by atomic mass is 9.92. The third kappa shape index (κ3) is 2.91. The maximum atomic E-state index is 9.65. The van der Waals surface area contributed by atoms with Crippen molar-refractivity contribution >= 4 is 11.1 Å². The largest absolute Gasteiger partial charge is 0.508 e. The van der Waals surface area contributed by atoms with Gasteiger partial charge in [0, 0.05) is 0 Å². The molecule has 2 aromatic rings. The second-order valence-electron chi connectivity index (χ2n) is 4.01. The summed E-state index contributed by atoms with van der Waals surface area (Å²) in [5.41, 5.74) is 1.11. The van der Waals surface area contributed by atoms with Gasteiger partial charge in [0.1, 0.15) is 11.5 Å². The molecule has 2 rings (SSSR count). The molecule has 2 nitrogen and oxygen atoms in total. The molecule has 102 valence electrons. The number of aromatic hydroxyl groups is 2. The SMILES string of the molecule is [2H]C(C)=C(C(=C([2H])C)c1cc([2H])c(O)c([2H])c1)c1cc([2H])c(O)c([2H])c1. The van der Waals surface area contributed by atoms with E-state index in [1.54, 1.807) is 0 Å². The number of phenols is 2. The highest BCUT2D eigenvalue weighted by molar-refractivity contribution is 6.04. The Morgan fingerprint density at radius 1 is 0.850 bits per heavy atom. The van der Waals surface area contributed by atoms with Crippen LogP contribution in [0, 0.1) is 0 Å². The Morgan fingerprint density at radius 3 is 1.40 bits per heavy atom. The van der Waals surface area contributed by atoms with Crippen molar-refractivity contribution in [3.8, 4) is 11.5 Å². The van der Waals surface area contributed by atoms with E-state index in [-0.39, 0.29) is 47.4 Å². The molecule has 0 unspecified atom stereocenters. The van der Waals surface area contributed by atoms with E-state index in [1.165, 1.54) is 38.1 Å². The lowest BCUT2D eigenvalue weighted by Crippen LogP contribution is -1.90. The minimum Gasteiger partial charge on any atom is -0.508 e. The first-order chi connectivity index (χ1) is 12.0. The van der Waals surface area contributed by atoms with Crippen LogP contribution in [0.3, 0.4) is 0 Å². The molecule has 0 saturated carbocycles. The first kappa shape index (κ1) is 7.95. The standard InChI is InChI=1S/C18H18O2/c1-3-17(13-5-9-15(19)10-6-13)18(4-2)14-7-11-16(20)12-8-14/h3-12,19-20H,1-2H3/i3D,4D,9D,10D,11D,12D. The van der Waals surface area contributed by atoms with Gasteiger partial charge in [0.15, 0.2) is 0 Å². The third-order valence-electron chi connectivity index (χ3n) is 2.78. The Morgan fingerprint density at radius 2 is 1.15 bits per heavy atom. The molecule has 0 saturated heterocycles. The highest BCUT2D eigenvalue weighted by atomic mass is 16.3. The Bertz CT molecular complexity index is 815. The fraction of sp³-hybridized carbons (Fsp3) is 0.111. The Kier molecular flexibility index (Phi) is 2.43. The Hall–Kier alpha value is -2.48. The Labute approximate surface area is 127 Å². The molecule has 0 amide bonds. The summed E-state index contributed by atoms with van der Waals surface area (Å²) in [6, 6.07) is 4.20. The van der Waals surface area contributed by atoms with Gasteiger partial charge in [-0.05, 0) is 60.3 Å². The van der Waals surface area contributed by atoms with Gasteiger partial charge < -0.3 is 10.2 Å². The fourth-order valence-corrected chi connectivity index (χ4v) is 1.87. The highest BCUT2D eigenvalue weighted by Crippen LogP contribution is 2.32. The van der Waals surface area contributed by atoms with Crippen LogP contribution in [0.4, 0.5) is 0 Å². The molecule has 2 aromatic carbocycles. The molecule has 0 radical (unpaired) electrons. The van der Waals surface area contributed by atoms with E-state index in [4.69, 9.17) is 8.22 Å². The van der Waals surface area contributed by atoms with Crippen molar-refractivity contribution in [3.05, 3.63) is 71.7 Å². The zero-order valence-electron chi connectivity index (χ0n) is 17.2. The van der Waals surface area contributed by atoms with Crippen molar-refractivity contribution in [2.45, 2.75) is 13.8 Å². The molecule has 0 aliphatic rings. The minimum atomic E-state index is -0.476. The molecule has 0 bridgehead atoms. The summed E-state index contributed by atoms with van der Waals surface area (Å²) in [5.74, 6) is -0.953. The van der Waals surface area contributed by atoms with E-state index >= 15 is 0 Å². The van der Waals surface area contributed by atoms with Crippen LogP contribution < -0.4 is 0 Å². The van der Waals surface area contributed by atoms with Crippen LogP contribution in [-0.2, 0) is 0 Å². The van der Waals surface area contributed by atoms with Crippen LogP contribution in [0.15, 0.2) is 60.5 Å². The topological polar surface area (TPSA) is 40.5 Å². The summed E-state index contributed by atoms with van der Waals surface area (Å²) >= 11 is 0. The second kappa shape index (κ2) is 6.11. The van der Waals surface area contributed by atoms with Gasteiger partial charge in [-0.25, -0.2) is 0 Å². The molecule has 20 heavy (non-hydrogen) atoms. The molecule has 0 aliphatic heterocycles. The second-order valence-corrected chi connectivity index (χ2v) is 4.01. The molecule has 2 N–H and O–H groups in total. The smallest absolute Gasteiger partial charge is 0.115 e. The number of phenolic OH excluding ortho intramolecular Hbond substituents is 2. The summed E-state index contributed by atoms with van der Waals surface area (Å²) in [6.45, 7) is 2.98. The van der Waals surface area contributed by atoms with Gasteiger partial charge >= 0.3 is 0 Å². The van der Waals surface area contributed by atoms with Crippen molar-refractivity contribution in [1.29, 1.82) is 0 Å². The van der Waals surface area contributed by atoms with Crippen molar-refractivity contribution in [2.75, 3.05) is 0 Å². The summed E-state index contributed by atoms with van der Waals surface area (Å²) in [6.07, 6.45) is 0. The van der Waals surface area contributed by atoms with Crippen LogP contribution in [0.25, 0.3) is 11.1 Å². The first-order valence-corrected chi connectivity index (χ1v) is 6.01. The molecule has 2 heteroatoms. The van der Waals surface area contributed by atoms with E-state index < -0.39 is 11.5 Å². The molecular formula is C18H18O2. The van der Waals surface area contributed by atoms with Gasteiger partial charge in [-0.1, -0.05) is 36.4 Å². The van der Waals surface area contributed by atoms with Crippen LogP contribution in [0.1, 0.15) is 33.2 Å². The molecular weight excluding hydrogens is 248 g/mol. The summed E-state index contributed by atoms with van der Waals surface area (Å²) in [5, 5.41) is 19.3. The van der Waals surface area contributed by atoms with E-state index in [9.17, 15) is 10.2 Å². The van der Waals surface area contributed by atoms with Crippen LogP contribution >= 0.6 is 0 Å². The average Bonchev–Trinajstić information content (AvgIpc) is 2.53. The maximum absolute atomic E-state index is 9.65.